The minimum Gasteiger partial charge on any atom is -0.353 e. The molecule has 1 N–H and O–H groups in total. The topological polar surface area (TPSA) is 29.1 Å². The molecule has 2 heteroatoms. The second kappa shape index (κ2) is 5.36. The van der Waals surface area contributed by atoms with E-state index in [1.54, 1.807) is 0 Å². The number of rotatable bonds is 3. The monoisotopic (exact) mass is 257 g/mol. The highest BCUT2D eigenvalue weighted by atomic mass is 16.2. The van der Waals surface area contributed by atoms with E-state index in [1.165, 1.54) is 31.2 Å². The van der Waals surface area contributed by atoms with Gasteiger partial charge in [0.05, 0.1) is 5.41 Å². The van der Waals surface area contributed by atoms with Crippen LogP contribution in [0.3, 0.4) is 0 Å². The third-order valence-electron chi connectivity index (χ3n) is 4.91. The van der Waals surface area contributed by atoms with Crippen LogP contribution in [0.1, 0.15) is 56.9 Å². The Balaban J connectivity index is 1.82. The number of hydrogen-bond donors (Lipinski definition) is 1. The summed E-state index contributed by atoms with van der Waals surface area (Å²) in [5.41, 5.74) is 0.965. The molecule has 0 unspecified atom stereocenters. The maximum absolute atomic E-state index is 12.8. The summed E-state index contributed by atoms with van der Waals surface area (Å²) >= 11 is 0. The highest BCUT2D eigenvalue weighted by molar-refractivity contribution is 5.88. The Morgan fingerprint density at radius 2 is 1.63 bits per heavy atom. The SMILES string of the molecule is O=C(NC1CCCC1)C1(c2ccccc2)CCCC1. The fraction of sp³-hybridized carbons (Fsp3) is 0.588. The van der Waals surface area contributed by atoms with Gasteiger partial charge in [0.2, 0.25) is 5.91 Å². The summed E-state index contributed by atoms with van der Waals surface area (Å²) in [5, 5.41) is 3.32. The molecule has 3 rings (SSSR count). The van der Waals surface area contributed by atoms with Gasteiger partial charge in [-0.25, -0.2) is 0 Å². The summed E-state index contributed by atoms with van der Waals surface area (Å²) in [6.07, 6.45) is 9.23. The van der Waals surface area contributed by atoms with Crippen LogP contribution in [0.25, 0.3) is 0 Å². The van der Waals surface area contributed by atoms with Crippen molar-refractivity contribution in [3.05, 3.63) is 35.9 Å². The Morgan fingerprint density at radius 3 is 2.26 bits per heavy atom. The van der Waals surface area contributed by atoms with Crippen molar-refractivity contribution >= 4 is 5.91 Å². The number of hydrogen-bond acceptors (Lipinski definition) is 1. The molecule has 0 aromatic heterocycles. The molecule has 19 heavy (non-hydrogen) atoms. The van der Waals surface area contributed by atoms with Crippen LogP contribution >= 0.6 is 0 Å². The van der Waals surface area contributed by atoms with Crippen LogP contribution in [-0.2, 0) is 10.2 Å². The lowest BCUT2D eigenvalue weighted by molar-refractivity contribution is -0.127. The smallest absolute Gasteiger partial charge is 0.230 e. The van der Waals surface area contributed by atoms with E-state index in [0.29, 0.717) is 6.04 Å². The van der Waals surface area contributed by atoms with E-state index < -0.39 is 0 Å². The molecule has 2 fully saturated rings. The molecule has 1 aromatic carbocycles. The molecule has 0 atom stereocenters. The van der Waals surface area contributed by atoms with E-state index in [-0.39, 0.29) is 11.3 Å². The van der Waals surface area contributed by atoms with E-state index >= 15 is 0 Å². The number of benzene rings is 1. The van der Waals surface area contributed by atoms with Gasteiger partial charge in [-0.05, 0) is 31.2 Å². The van der Waals surface area contributed by atoms with E-state index in [4.69, 9.17) is 0 Å². The highest BCUT2D eigenvalue weighted by Gasteiger charge is 2.43. The van der Waals surface area contributed by atoms with Crippen LogP contribution in [0.4, 0.5) is 0 Å². The summed E-state index contributed by atoms with van der Waals surface area (Å²) in [7, 11) is 0. The van der Waals surface area contributed by atoms with Crippen LogP contribution in [-0.4, -0.2) is 11.9 Å². The van der Waals surface area contributed by atoms with Crippen LogP contribution < -0.4 is 5.32 Å². The van der Waals surface area contributed by atoms with E-state index in [2.05, 4.69) is 29.6 Å². The van der Waals surface area contributed by atoms with Gasteiger partial charge in [0.15, 0.2) is 0 Å². The van der Waals surface area contributed by atoms with Crippen molar-refractivity contribution in [1.29, 1.82) is 0 Å². The Morgan fingerprint density at radius 1 is 1.00 bits per heavy atom. The Bertz CT molecular complexity index is 428. The summed E-state index contributed by atoms with van der Waals surface area (Å²) < 4.78 is 0. The summed E-state index contributed by atoms with van der Waals surface area (Å²) in [5.74, 6) is 0.281. The molecule has 0 saturated heterocycles. The van der Waals surface area contributed by atoms with Crippen molar-refractivity contribution in [3.63, 3.8) is 0 Å². The number of amides is 1. The molecule has 1 amide bonds. The van der Waals surface area contributed by atoms with Crippen LogP contribution in [0.2, 0.25) is 0 Å². The van der Waals surface area contributed by atoms with Gasteiger partial charge in [-0.1, -0.05) is 56.0 Å². The molecule has 102 valence electrons. The molecule has 2 saturated carbocycles. The molecular formula is C17H23NO. The molecule has 2 aliphatic carbocycles. The van der Waals surface area contributed by atoms with Gasteiger partial charge in [-0.3, -0.25) is 4.79 Å². The summed E-state index contributed by atoms with van der Waals surface area (Å²) in [4.78, 5) is 12.8. The molecule has 1 aromatic rings. The lowest BCUT2D eigenvalue weighted by atomic mass is 9.78. The predicted molar refractivity (Wildman–Crippen MR) is 77.0 cm³/mol. The van der Waals surface area contributed by atoms with Crippen LogP contribution in [0.15, 0.2) is 30.3 Å². The third-order valence-corrected chi connectivity index (χ3v) is 4.91. The largest absolute Gasteiger partial charge is 0.353 e. The normalized spacial score (nSPS) is 22.5. The zero-order chi connectivity index (χ0) is 13.1. The van der Waals surface area contributed by atoms with Crippen LogP contribution in [0, 0.1) is 0 Å². The standard InChI is InChI=1S/C17H23NO/c19-16(18-15-10-4-5-11-15)17(12-6-7-13-17)14-8-2-1-3-9-14/h1-3,8-9,15H,4-7,10-13H2,(H,18,19). The summed E-state index contributed by atoms with van der Waals surface area (Å²) in [6, 6.07) is 10.8. The van der Waals surface area contributed by atoms with Crippen molar-refractivity contribution in [2.75, 3.05) is 0 Å². The molecule has 0 bridgehead atoms. The van der Waals surface area contributed by atoms with Crippen molar-refractivity contribution in [2.24, 2.45) is 0 Å². The number of carbonyl (C=O) groups excluding carboxylic acids is 1. The van der Waals surface area contributed by atoms with Crippen LogP contribution in [0.5, 0.6) is 0 Å². The predicted octanol–water partition coefficient (Wildman–Crippen LogP) is 3.56. The summed E-state index contributed by atoms with van der Waals surface area (Å²) in [6.45, 7) is 0. The highest BCUT2D eigenvalue weighted by Crippen LogP contribution is 2.41. The van der Waals surface area contributed by atoms with Gasteiger partial charge >= 0.3 is 0 Å². The molecular weight excluding hydrogens is 234 g/mol. The average molecular weight is 257 g/mol. The van der Waals surface area contributed by atoms with Crippen molar-refractivity contribution in [1.82, 2.24) is 5.32 Å². The van der Waals surface area contributed by atoms with E-state index in [0.717, 1.165) is 25.7 Å². The Kier molecular flexibility index (Phi) is 3.58. The lowest BCUT2D eigenvalue weighted by Gasteiger charge is -2.30. The first kappa shape index (κ1) is 12.7. The van der Waals surface area contributed by atoms with E-state index in [9.17, 15) is 4.79 Å². The Hall–Kier alpha value is -1.31. The number of nitrogens with one attached hydrogen (secondary N) is 1. The first-order valence-electron chi connectivity index (χ1n) is 7.68. The van der Waals surface area contributed by atoms with E-state index in [1.807, 2.05) is 6.07 Å². The lowest BCUT2D eigenvalue weighted by Crippen LogP contribution is -2.46. The van der Waals surface area contributed by atoms with Gasteiger partial charge in [0.1, 0.15) is 0 Å². The minimum absolute atomic E-state index is 0.246. The van der Waals surface area contributed by atoms with Gasteiger partial charge in [0.25, 0.3) is 0 Å². The molecule has 0 radical (unpaired) electrons. The molecule has 0 spiro atoms. The quantitative estimate of drug-likeness (QED) is 0.881. The second-order valence-corrected chi connectivity index (χ2v) is 6.11. The first-order valence-corrected chi connectivity index (χ1v) is 7.68. The molecule has 2 nitrogen and oxygen atoms in total. The zero-order valence-corrected chi connectivity index (χ0v) is 11.5. The van der Waals surface area contributed by atoms with Gasteiger partial charge in [-0.15, -0.1) is 0 Å². The van der Waals surface area contributed by atoms with Gasteiger partial charge < -0.3 is 5.32 Å². The molecule has 2 aliphatic rings. The zero-order valence-electron chi connectivity index (χ0n) is 11.5. The first-order chi connectivity index (χ1) is 9.31. The van der Waals surface area contributed by atoms with Gasteiger partial charge in [-0.2, -0.15) is 0 Å². The Labute approximate surface area is 115 Å². The third kappa shape index (κ3) is 2.41. The second-order valence-electron chi connectivity index (χ2n) is 6.11. The molecule has 0 aliphatic heterocycles. The average Bonchev–Trinajstić information content (AvgIpc) is 3.11. The maximum atomic E-state index is 12.8. The maximum Gasteiger partial charge on any atom is 0.230 e. The van der Waals surface area contributed by atoms with Crippen molar-refractivity contribution in [3.8, 4) is 0 Å². The van der Waals surface area contributed by atoms with Gasteiger partial charge in [0, 0.05) is 6.04 Å². The van der Waals surface area contributed by atoms with Crippen molar-refractivity contribution in [2.45, 2.75) is 62.8 Å². The van der Waals surface area contributed by atoms with Crippen molar-refractivity contribution < 1.29 is 4.79 Å². The molecule has 0 heterocycles. The minimum atomic E-state index is -0.246. The number of carbonyl (C=O) groups is 1. The fourth-order valence-corrected chi connectivity index (χ4v) is 3.78. The fourth-order valence-electron chi connectivity index (χ4n) is 3.78.